The average molecular weight is 207 g/mol. The highest BCUT2D eigenvalue weighted by Crippen LogP contribution is 2.33. The zero-order valence-corrected chi connectivity index (χ0v) is 9.58. The van der Waals surface area contributed by atoms with Gasteiger partial charge in [0.1, 0.15) is 0 Å². The number of rotatable bonds is 7. The topological polar surface area (TPSA) is 29.9 Å². The number of nitrogens with one attached hydrogen (secondary N) is 1. The first-order valence-electron chi connectivity index (χ1n) is 6.10. The Bertz CT molecular complexity index is 289. The van der Waals surface area contributed by atoms with Crippen LogP contribution in [0, 0.1) is 5.92 Å². The monoisotopic (exact) mass is 207 g/mol. The summed E-state index contributed by atoms with van der Waals surface area (Å²) < 4.78 is 2.19. The van der Waals surface area contributed by atoms with Gasteiger partial charge in [0.05, 0.1) is 12.0 Å². The summed E-state index contributed by atoms with van der Waals surface area (Å²) in [5.41, 5.74) is 1.30. The van der Waals surface area contributed by atoms with Gasteiger partial charge in [0.2, 0.25) is 0 Å². The van der Waals surface area contributed by atoms with E-state index >= 15 is 0 Å². The van der Waals surface area contributed by atoms with Crippen molar-refractivity contribution < 1.29 is 0 Å². The lowest BCUT2D eigenvalue weighted by Gasteiger charge is -2.06. The first-order chi connectivity index (χ1) is 7.40. The minimum absolute atomic E-state index is 0.957. The van der Waals surface area contributed by atoms with Gasteiger partial charge in [0, 0.05) is 19.3 Å². The van der Waals surface area contributed by atoms with Gasteiger partial charge >= 0.3 is 0 Å². The van der Waals surface area contributed by atoms with E-state index < -0.39 is 0 Å². The van der Waals surface area contributed by atoms with E-state index in [-0.39, 0.29) is 0 Å². The fraction of sp³-hybridized carbons (Fsp3) is 0.750. The van der Waals surface area contributed by atoms with Gasteiger partial charge in [0.25, 0.3) is 0 Å². The number of nitrogens with zero attached hydrogens (tertiary/aromatic N) is 2. The second-order valence-corrected chi connectivity index (χ2v) is 4.43. The lowest BCUT2D eigenvalue weighted by molar-refractivity contribution is 0.575. The van der Waals surface area contributed by atoms with Gasteiger partial charge in [-0.1, -0.05) is 12.8 Å². The third-order valence-electron chi connectivity index (χ3n) is 3.11. The molecule has 2 rings (SSSR count). The first-order valence-corrected chi connectivity index (χ1v) is 6.10. The summed E-state index contributed by atoms with van der Waals surface area (Å²) >= 11 is 0. The van der Waals surface area contributed by atoms with Crippen molar-refractivity contribution in [1.82, 2.24) is 14.9 Å². The SMILES string of the molecule is CCn1cncc1CNCCCC1CC1. The fourth-order valence-corrected chi connectivity index (χ4v) is 1.92. The number of imidazole rings is 1. The molecule has 1 aliphatic carbocycles. The van der Waals surface area contributed by atoms with Crippen LogP contribution in [-0.2, 0) is 13.1 Å². The Morgan fingerprint density at radius 1 is 1.53 bits per heavy atom. The van der Waals surface area contributed by atoms with Gasteiger partial charge in [-0.2, -0.15) is 0 Å². The van der Waals surface area contributed by atoms with E-state index in [4.69, 9.17) is 0 Å². The standard InChI is InChI=1S/C12H21N3/c1-2-15-10-14-9-12(15)8-13-7-3-4-11-5-6-11/h9-11,13H,2-8H2,1H3. The normalized spacial score (nSPS) is 15.8. The highest BCUT2D eigenvalue weighted by molar-refractivity contribution is 4.97. The maximum atomic E-state index is 4.15. The van der Waals surface area contributed by atoms with Gasteiger partial charge in [0.15, 0.2) is 0 Å². The quantitative estimate of drug-likeness (QED) is 0.695. The first kappa shape index (κ1) is 10.7. The summed E-state index contributed by atoms with van der Waals surface area (Å²) in [7, 11) is 0. The van der Waals surface area contributed by atoms with Crippen LogP contribution in [0.1, 0.15) is 38.3 Å². The van der Waals surface area contributed by atoms with Gasteiger partial charge in [-0.15, -0.1) is 0 Å². The highest BCUT2D eigenvalue weighted by Gasteiger charge is 2.19. The van der Waals surface area contributed by atoms with Crippen LogP contribution in [0.3, 0.4) is 0 Å². The predicted octanol–water partition coefficient (Wildman–Crippen LogP) is 2.18. The molecule has 1 aromatic heterocycles. The summed E-state index contributed by atoms with van der Waals surface area (Å²) in [4.78, 5) is 4.15. The average Bonchev–Trinajstić information content (AvgIpc) is 2.96. The highest BCUT2D eigenvalue weighted by atomic mass is 15.1. The molecule has 15 heavy (non-hydrogen) atoms. The summed E-state index contributed by atoms with van der Waals surface area (Å²) in [6.45, 7) is 5.27. The Morgan fingerprint density at radius 2 is 2.40 bits per heavy atom. The molecule has 0 atom stereocenters. The summed E-state index contributed by atoms with van der Waals surface area (Å²) in [5.74, 6) is 1.06. The molecule has 1 fully saturated rings. The van der Waals surface area contributed by atoms with Gasteiger partial charge in [-0.3, -0.25) is 0 Å². The molecule has 0 amide bonds. The molecular formula is C12H21N3. The minimum atomic E-state index is 0.957. The molecule has 1 N–H and O–H groups in total. The van der Waals surface area contributed by atoms with Gasteiger partial charge < -0.3 is 9.88 Å². The number of hydrogen-bond donors (Lipinski definition) is 1. The Balaban J connectivity index is 1.59. The molecule has 0 aromatic carbocycles. The predicted molar refractivity (Wildman–Crippen MR) is 61.6 cm³/mol. The van der Waals surface area contributed by atoms with Gasteiger partial charge in [-0.05, 0) is 32.2 Å². The van der Waals surface area contributed by atoms with Gasteiger partial charge in [-0.25, -0.2) is 4.98 Å². The van der Waals surface area contributed by atoms with Crippen LogP contribution in [0.4, 0.5) is 0 Å². The lowest BCUT2D eigenvalue weighted by atomic mass is 10.2. The number of aryl methyl sites for hydroxylation is 1. The Morgan fingerprint density at radius 3 is 3.13 bits per heavy atom. The van der Waals surface area contributed by atoms with E-state index in [0.29, 0.717) is 0 Å². The van der Waals surface area contributed by atoms with Crippen LogP contribution in [-0.4, -0.2) is 16.1 Å². The van der Waals surface area contributed by atoms with Crippen LogP contribution >= 0.6 is 0 Å². The largest absolute Gasteiger partial charge is 0.334 e. The van der Waals surface area contributed by atoms with Crippen LogP contribution in [0.5, 0.6) is 0 Å². The van der Waals surface area contributed by atoms with E-state index in [9.17, 15) is 0 Å². The molecule has 1 aromatic rings. The molecule has 0 radical (unpaired) electrons. The van der Waals surface area contributed by atoms with Crippen LogP contribution in [0.25, 0.3) is 0 Å². The molecule has 1 heterocycles. The van der Waals surface area contributed by atoms with Crippen molar-refractivity contribution in [2.45, 2.75) is 45.7 Å². The molecule has 3 heteroatoms. The molecule has 0 bridgehead atoms. The van der Waals surface area contributed by atoms with Crippen molar-refractivity contribution in [2.75, 3.05) is 6.54 Å². The maximum Gasteiger partial charge on any atom is 0.0948 e. The van der Waals surface area contributed by atoms with Crippen molar-refractivity contribution in [3.05, 3.63) is 18.2 Å². The van der Waals surface area contributed by atoms with Crippen molar-refractivity contribution in [2.24, 2.45) is 5.92 Å². The molecule has 1 saturated carbocycles. The minimum Gasteiger partial charge on any atom is -0.334 e. The summed E-state index contributed by atoms with van der Waals surface area (Å²) in [6, 6.07) is 0. The third-order valence-corrected chi connectivity index (χ3v) is 3.11. The van der Waals surface area contributed by atoms with E-state index in [0.717, 1.165) is 25.6 Å². The number of hydrogen-bond acceptors (Lipinski definition) is 2. The second-order valence-electron chi connectivity index (χ2n) is 4.43. The Kier molecular flexibility index (Phi) is 3.78. The molecule has 84 valence electrons. The van der Waals surface area contributed by atoms with E-state index in [1.54, 1.807) is 0 Å². The van der Waals surface area contributed by atoms with Crippen LogP contribution < -0.4 is 5.32 Å². The van der Waals surface area contributed by atoms with Crippen molar-refractivity contribution in [3.8, 4) is 0 Å². The van der Waals surface area contributed by atoms with E-state index in [2.05, 4.69) is 21.8 Å². The Hall–Kier alpha value is -0.830. The molecule has 3 nitrogen and oxygen atoms in total. The summed E-state index contributed by atoms with van der Waals surface area (Å²) in [6.07, 6.45) is 9.55. The fourth-order valence-electron chi connectivity index (χ4n) is 1.92. The smallest absolute Gasteiger partial charge is 0.0948 e. The molecule has 0 spiro atoms. The molecule has 0 saturated heterocycles. The number of aromatic nitrogens is 2. The second kappa shape index (κ2) is 5.31. The lowest BCUT2D eigenvalue weighted by Crippen LogP contribution is -2.17. The maximum absolute atomic E-state index is 4.15. The van der Waals surface area contributed by atoms with Crippen molar-refractivity contribution in [3.63, 3.8) is 0 Å². The molecule has 0 unspecified atom stereocenters. The van der Waals surface area contributed by atoms with Crippen molar-refractivity contribution in [1.29, 1.82) is 0 Å². The third kappa shape index (κ3) is 3.34. The Labute approximate surface area is 91.9 Å². The molecule has 1 aliphatic rings. The van der Waals surface area contributed by atoms with E-state index in [1.807, 2.05) is 12.5 Å². The molecular weight excluding hydrogens is 186 g/mol. The van der Waals surface area contributed by atoms with Crippen LogP contribution in [0.2, 0.25) is 0 Å². The van der Waals surface area contributed by atoms with Crippen LogP contribution in [0.15, 0.2) is 12.5 Å². The summed E-state index contributed by atoms with van der Waals surface area (Å²) in [5, 5.41) is 3.48. The zero-order valence-electron chi connectivity index (χ0n) is 9.58. The van der Waals surface area contributed by atoms with E-state index in [1.165, 1.54) is 31.4 Å². The molecule has 0 aliphatic heterocycles. The zero-order chi connectivity index (χ0) is 10.5. The van der Waals surface area contributed by atoms with Crippen molar-refractivity contribution >= 4 is 0 Å².